The number of rotatable bonds is 7. The highest BCUT2D eigenvalue weighted by molar-refractivity contribution is 7.91. The summed E-state index contributed by atoms with van der Waals surface area (Å²) in [6.07, 6.45) is 1.71. The van der Waals surface area contributed by atoms with Crippen LogP contribution in [0.15, 0.2) is 41.8 Å². The Morgan fingerprint density at radius 2 is 1.95 bits per heavy atom. The van der Waals surface area contributed by atoms with Crippen molar-refractivity contribution in [1.82, 2.24) is 5.06 Å². The summed E-state index contributed by atoms with van der Waals surface area (Å²) in [5.74, 6) is -0.900. The van der Waals surface area contributed by atoms with Crippen LogP contribution in [0.1, 0.15) is 18.9 Å². The quantitative estimate of drug-likeness (QED) is 0.476. The van der Waals surface area contributed by atoms with Crippen molar-refractivity contribution in [3.8, 4) is 0 Å². The highest BCUT2D eigenvalue weighted by Gasteiger charge is 2.19. The van der Waals surface area contributed by atoms with Crippen molar-refractivity contribution in [2.24, 2.45) is 5.92 Å². The maximum atomic E-state index is 12.1. The van der Waals surface area contributed by atoms with Crippen LogP contribution < -0.4 is 0 Å². The normalized spacial score (nSPS) is 12.7. The molecule has 116 valence electrons. The summed E-state index contributed by atoms with van der Waals surface area (Å²) in [4.78, 5) is 11.8. The lowest BCUT2D eigenvalue weighted by Gasteiger charge is -2.16. The number of sulfone groups is 1. The van der Waals surface area contributed by atoms with Crippen LogP contribution in [0.4, 0.5) is 0 Å². The summed E-state index contributed by atoms with van der Waals surface area (Å²) in [6, 6.07) is 6.46. The van der Waals surface area contributed by atoms with Crippen molar-refractivity contribution in [2.75, 3.05) is 12.3 Å². The van der Waals surface area contributed by atoms with E-state index in [4.69, 9.17) is 0 Å². The van der Waals surface area contributed by atoms with Crippen LogP contribution in [0.3, 0.4) is 0 Å². The summed E-state index contributed by atoms with van der Waals surface area (Å²) >= 11 is 0. The van der Waals surface area contributed by atoms with Gasteiger partial charge in [0.25, 0.3) is 0 Å². The second-order valence-corrected chi connectivity index (χ2v) is 7.18. The number of carbonyl (C=O) groups is 1. The monoisotopic (exact) mass is 311 g/mol. The molecule has 21 heavy (non-hydrogen) atoms. The highest BCUT2D eigenvalue weighted by atomic mass is 32.2. The number of benzene rings is 1. The van der Waals surface area contributed by atoms with Crippen LogP contribution in [-0.4, -0.2) is 36.9 Å². The number of hydrogen-bond donors (Lipinski definition) is 1. The number of hydroxylamine groups is 2. The van der Waals surface area contributed by atoms with E-state index in [-0.39, 0.29) is 29.5 Å². The molecule has 0 aliphatic carbocycles. The maximum Gasteiger partial charge on any atom is 0.246 e. The molecule has 0 spiro atoms. The molecule has 0 aliphatic heterocycles. The van der Waals surface area contributed by atoms with Crippen LogP contribution in [-0.2, 0) is 14.6 Å². The molecule has 5 nitrogen and oxygen atoms in total. The molecule has 1 unspecified atom stereocenters. The van der Waals surface area contributed by atoms with Gasteiger partial charge < -0.3 is 0 Å². The van der Waals surface area contributed by atoms with Gasteiger partial charge in [-0.15, -0.1) is 6.58 Å². The third-order valence-electron chi connectivity index (χ3n) is 3.14. The molecular formula is C15H21NO4S. The standard InChI is InChI=1S/C15H21NO4S/c1-4-12(2)11-15(17)16(18)9-10-21(19,20)14-7-5-13(3)6-8-14/h4-8,12,18H,1,9-11H2,2-3H3. The SMILES string of the molecule is C=CC(C)CC(=O)N(O)CCS(=O)(=O)c1ccc(C)cc1. The molecule has 0 saturated carbocycles. The first-order chi connectivity index (χ1) is 9.76. The van der Waals surface area contributed by atoms with E-state index in [9.17, 15) is 18.4 Å². The van der Waals surface area contributed by atoms with Gasteiger partial charge >= 0.3 is 0 Å². The van der Waals surface area contributed by atoms with Gasteiger partial charge in [-0.1, -0.05) is 30.7 Å². The fraction of sp³-hybridized carbons (Fsp3) is 0.400. The van der Waals surface area contributed by atoms with Gasteiger partial charge in [0.1, 0.15) is 0 Å². The molecule has 1 rings (SSSR count). The summed E-state index contributed by atoms with van der Waals surface area (Å²) in [7, 11) is -3.51. The topological polar surface area (TPSA) is 74.7 Å². The van der Waals surface area contributed by atoms with Crippen molar-refractivity contribution in [3.05, 3.63) is 42.5 Å². The lowest BCUT2D eigenvalue weighted by Crippen LogP contribution is -2.33. The van der Waals surface area contributed by atoms with E-state index >= 15 is 0 Å². The molecule has 1 aromatic rings. The van der Waals surface area contributed by atoms with Gasteiger partial charge in [-0.2, -0.15) is 0 Å². The van der Waals surface area contributed by atoms with E-state index < -0.39 is 15.7 Å². The minimum absolute atomic E-state index is 0.0687. The van der Waals surface area contributed by atoms with E-state index in [0.29, 0.717) is 5.06 Å². The van der Waals surface area contributed by atoms with Gasteiger partial charge in [-0.05, 0) is 25.0 Å². The molecule has 0 radical (unpaired) electrons. The zero-order valence-corrected chi connectivity index (χ0v) is 13.1. The largest absolute Gasteiger partial charge is 0.286 e. The first kappa shape index (κ1) is 17.4. The molecule has 0 aliphatic rings. The third kappa shape index (κ3) is 5.32. The van der Waals surface area contributed by atoms with Crippen LogP contribution in [0.5, 0.6) is 0 Å². The number of hydrogen-bond acceptors (Lipinski definition) is 4. The molecule has 0 heterocycles. The van der Waals surface area contributed by atoms with Crippen LogP contribution in [0, 0.1) is 12.8 Å². The molecule has 0 saturated heterocycles. The predicted molar refractivity (Wildman–Crippen MR) is 80.7 cm³/mol. The third-order valence-corrected chi connectivity index (χ3v) is 4.85. The van der Waals surface area contributed by atoms with Gasteiger partial charge in [0.15, 0.2) is 9.84 Å². The van der Waals surface area contributed by atoms with Gasteiger partial charge in [0, 0.05) is 6.42 Å². The van der Waals surface area contributed by atoms with Crippen molar-refractivity contribution >= 4 is 15.7 Å². The van der Waals surface area contributed by atoms with E-state index in [1.54, 1.807) is 25.1 Å². The first-order valence-electron chi connectivity index (χ1n) is 6.67. The lowest BCUT2D eigenvalue weighted by molar-refractivity contribution is -0.164. The van der Waals surface area contributed by atoms with Crippen LogP contribution >= 0.6 is 0 Å². The van der Waals surface area contributed by atoms with E-state index in [1.165, 1.54) is 12.1 Å². The molecular weight excluding hydrogens is 290 g/mol. The molecule has 1 aromatic carbocycles. The summed E-state index contributed by atoms with van der Waals surface area (Å²) in [5, 5.41) is 10.1. The average Bonchev–Trinajstić information content (AvgIpc) is 2.45. The van der Waals surface area contributed by atoms with E-state index in [2.05, 4.69) is 6.58 Å². The fourth-order valence-corrected chi connectivity index (χ4v) is 2.86. The fourth-order valence-electron chi connectivity index (χ4n) is 1.66. The van der Waals surface area contributed by atoms with Crippen LogP contribution in [0.2, 0.25) is 0 Å². The predicted octanol–water partition coefficient (Wildman–Crippen LogP) is 2.20. The Bertz CT molecular complexity index is 593. The van der Waals surface area contributed by atoms with Crippen LogP contribution in [0.25, 0.3) is 0 Å². The van der Waals surface area contributed by atoms with Gasteiger partial charge in [-0.25, -0.2) is 13.5 Å². The zero-order chi connectivity index (χ0) is 16.0. The smallest absolute Gasteiger partial charge is 0.246 e. The van der Waals surface area contributed by atoms with Gasteiger partial charge in [0.05, 0.1) is 17.2 Å². The minimum Gasteiger partial charge on any atom is -0.286 e. The summed E-state index contributed by atoms with van der Waals surface area (Å²) in [5.41, 5.74) is 0.964. The first-order valence-corrected chi connectivity index (χ1v) is 8.32. The number of carbonyl (C=O) groups excluding carboxylic acids is 1. The molecule has 1 amide bonds. The number of allylic oxidation sites excluding steroid dienone is 1. The Morgan fingerprint density at radius 1 is 1.38 bits per heavy atom. The van der Waals surface area contributed by atoms with Gasteiger partial charge in [0.2, 0.25) is 5.91 Å². The molecule has 6 heteroatoms. The molecule has 0 bridgehead atoms. The number of nitrogens with zero attached hydrogens (tertiary/aromatic N) is 1. The van der Waals surface area contributed by atoms with Crippen molar-refractivity contribution in [3.63, 3.8) is 0 Å². The van der Waals surface area contributed by atoms with Gasteiger partial charge in [-0.3, -0.25) is 10.0 Å². The maximum absolute atomic E-state index is 12.1. The average molecular weight is 311 g/mol. The van der Waals surface area contributed by atoms with Crippen molar-refractivity contribution in [1.29, 1.82) is 0 Å². The Balaban J connectivity index is 2.63. The minimum atomic E-state index is -3.51. The Kier molecular flexibility index (Phi) is 6.11. The highest BCUT2D eigenvalue weighted by Crippen LogP contribution is 2.13. The Morgan fingerprint density at radius 3 is 2.48 bits per heavy atom. The Hall–Kier alpha value is -1.66. The Labute approximate surface area is 125 Å². The number of amides is 1. The lowest BCUT2D eigenvalue weighted by atomic mass is 10.1. The molecule has 1 N–H and O–H groups in total. The second kappa shape index (κ2) is 7.38. The molecule has 1 atom stereocenters. The van der Waals surface area contributed by atoms with Crippen molar-refractivity contribution in [2.45, 2.75) is 25.2 Å². The van der Waals surface area contributed by atoms with E-state index in [0.717, 1.165) is 5.56 Å². The van der Waals surface area contributed by atoms with Crippen molar-refractivity contribution < 1.29 is 18.4 Å². The number of aryl methyl sites for hydroxylation is 1. The summed E-state index contributed by atoms with van der Waals surface area (Å²) < 4.78 is 24.2. The zero-order valence-electron chi connectivity index (χ0n) is 12.3. The molecule has 0 fully saturated rings. The molecule has 0 aromatic heterocycles. The second-order valence-electron chi connectivity index (χ2n) is 5.07. The van der Waals surface area contributed by atoms with E-state index in [1.807, 2.05) is 6.92 Å². The summed E-state index contributed by atoms with van der Waals surface area (Å²) in [6.45, 7) is 6.97.